The van der Waals surface area contributed by atoms with Gasteiger partial charge in [0.15, 0.2) is 9.84 Å². The maximum atomic E-state index is 12.0. The van der Waals surface area contributed by atoms with E-state index in [2.05, 4.69) is 10.6 Å². The van der Waals surface area contributed by atoms with Gasteiger partial charge in [-0.15, -0.1) is 0 Å². The van der Waals surface area contributed by atoms with E-state index in [9.17, 15) is 13.2 Å². The van der Waals surface area contributed by atoms with E-state index in [1.807, 2.05) is 12.1 Å². The summed E-state index contributed by atoms with van der Waals surface area (Å²) < 4.78 is 28.3. The third-order valence-electron chi connectivity index (χ3n) is 3.20. The number of benzene rings is 2. The highest BCUT2D eigenvalue weighted by Crippen LogP contribution is 2.25. The molecular weight excluding hydrogens is 352 g/mol. The number of rotatable bonds is 5. The molecule has 6 nitrogen and oxygen atoms in total. The van der Waals surface area contributed by atoms with E-state index < -0.39 is 15.9 Å². The van der Waals surface area contributed by atoms with Crippen molar-refractivity contribution < 1.29 is 17.9 Å². The number of nitrogens with one attached hydrogen (secondary N) is 2. The number of urea groups is 1. The average molecular weight is 369 g/mol. The molecule has 0 aliphatic rings. The lowest BCUT2D eigenvalue weighted by atomic mass is 10.2. The Kier molecular flexibility index (Phi) is 5.69. The molecule has 2 N–H and O–H groups in total. The molecule has 24 heavy (non-hydrogen) atoms. The molecule has 0 aliphatic heterocycles. The standard InChI is InChI=1S/C16H17ClN2O4S/c1-23-12-5-3-4-11(8-12)10-18-16(20)19-15-9-13(24(2,21)22)6-7-14(15)17/h3-9H,10H2,1-2H3,(H2,18,19,20). The molecule has 2 rings (SSSR count). The van der Waals surface area contributed by atoms with Crippen LogP contribution in [0.3, 0.4) is 0 Å². The number of methoxy groups -OCH3 is 1. The van der Waals surface area contributed by atoms with Crippen LogP contribution < -0.4 is 15.4 Å². The Balaban J connectivity index is 2.04. The molecular formula is C16H17ClN2O4S. The normalized spacial score (nSPS) is 11.0. The zero-order valence-electron chi connectivity index (χ0n) is 13.2. The van der Waals surface area contributed by atoms with Crippen LogP contribution in [0.5, 0.6) is 5.75 Å². The first-order chi connectivity index (χ1) is 11.3. The van der Waals surface area contributed by atoms with Crippen molar-refractivity contribution in [1.82, 2.24) is 5.32 Å². The molecule has 0 saturated heterocycles. The lowest BCUT2D eigenvalue weighted by molar-refractivity contribution is 0.251. The van der Waals surface area contributed by atoms with Gasteiger partial charge in [-0.25, -0.2) is 13.2 Å². The molecule has 2 aromatic rings. The molecule has 0 bridgehead atoms. The highest BCUT2D eigenvalue weighted by atomic mass is 35.5. The summed E-state index contributed by atoms with van der Waals surface area (Å²) in [6.07, 6.45) is 1.09. The predicted octanol–water partition coefficient (Wildman–Crippen LogP) is 3.07. The number of amides is 2. The molecule has 2 aromatic carbocycles. The monoisotopic (exact) mass is 368 g/mol. The number of halogens is 1. The quantitative estimate of drug-likeness (QED) is 0.849. The van der Waals surface area contributed by atoms with Crippen LogP contribution in [-0.4, -0.2) is 27.8 Å². The molecule has 8 heteroatoms. The van der Waals surface area contributed by atoms with Gasteiger partial charge >= 0.3 is 6.03 Å². The smallest absolute Gasteiger partial charge is 0.319 e. The lowest BCUT2D eigenvalue weighted by Gasteiger charge is -2.11. The fraction of sp³-hybridized carbons (Fsp3) is 0.188. The second-order valence-corrected chi connectivity index (χ2v) is 7.50. The summed E-state index contributed by atoms with van der Waals surface area (Å²) in [6, 6.07) is 10.9. The second kappa shape index (κ2) is 7.55. The van der Waals surface area contributed by atoms with Crippen LogP contribution in [0.15, 0.2) is 47.4 Å². The van der Waals surface area contributed by atoms with Crippen molar-refractivity contribution >= 4 is 33.2 Å². The fourth-order valence-corrected chi connectivity index (χ4v) is 2.77. The fourth-order valence-electron chi connectivity index (χ4n) is 1.96. The molecule has 2 amide bonds. The van der Waals surface area contributed by atoms with Crippen molar-refractivity contribution in [3.8, 4) is 5.75 Å². The minimum Gasteiger partial charge on any atom is -0.497 e. The van der Waals surface area contributed by atoms with E-state index in [0.717, 1.165) is 11.8 Å². The molecule has 128 valence electrons. The summed E-state index contributed by atoms with van der Waals surface area (Å²) in [4.78, 5) is 12.1. The van der Waals surface area contributed by atoms with Crippen molar-refractivity contribution in [3.63, 3.8) is 0 Å². The third kappa shape index (κ3) is 4.87. The van der Waals surface area contributed by atoms with E-state index in [-0.39, 0.29) is 22.2 Å². The number of sulfone groups is 1. The Bertz CT molecular complexity index is 853. The topological polar surface area (TPSA) is 84.5 Å². The maximum Gasteiger partial charge on any atom is 0.319 e. The van der Waals surface area contributed by atoms with Crippen molar-refractivity contribution in [2.75, 3.05) is 18.7 Å². The van der Waals surface area contributed by atoms with Crippen LogP contribution in [0.4, 0.5) is 10.5 Å². The van der Waals surface area contributed by atoms with Crippen molar-refractivity contribution in [2.24, 2.45) is 0 Å². The molecule has 0 spiro atoms. The first kappa shape index (κ1) is 18.1. The van der Waals surface area contributed by atoms with Gasteiger partial charge in [-0.3, -0.25) is 0 Å². The minimum absolute atomic E-state index is 0.0787. The van der Waals surface area contributed by atoms with Gasteiger partial charge in [-0.2, -0.15) is 0 Å². The Labute approximate surface area is 145 Å². The first-order valence-corrected chi connectivity index (χ1v) is 9.24. The van der Waals surface area contributed by atoms with Gasteiger partial charge in [-0.1, -0.05) is 23.7 Å². The second-order valence-electron chi connectivity index (χ2n) is 5.07. The highest BCUT2D eigenvalue weighted by molar-refractivity contribution is 7.90. The van der Waals surface area contributed by atoms with Crippen LogP contribution >= 0.6 is 11.6 Å². The number of carbonyl (C=O) groups excluding carboxylic acids is 1. The van der Waals surface area contributed by atoms with Gasteiger partial charge in [0.2, 0.25) is 0 Å². The first-order valence-electron chi connectivity index (χ1n) is 6.97. The summed E-state index contributed by atoms with van der Waals surface area (Å²) in [5.41, 5.74) is 1.09. The largest absolute Gasteiger partial charge is 0.497 e. The van der Waals surface area contributed by atoms with Gasteiger partial charge < -0.3 is 15.4 Å². The van der Waals surface area contributed by atoms with Gasteiger partial charge in [-0.05, 0) is 35.9 Å². The summed E-state index contributed by atoms with van der Waals surface area (Å²) in [7, 11) is -1.82. The third-order valence-corrected chi connectivity index (χ3v) is 4.64. The molecule has 0 fully saturated rings. The van der Waals surface area contributed by atoms with Gasteiger partial charge in [0, 0.05) is 12.8 Å². The molecule has 0 heterocycles. The summed E-state index contributed by atoms with van der Waals surface area (Å²) >= 11 is 5.99. The zero-order chi connectivity index (χ0) is 17.7. The molecule has 0 unspecified atom stereocenters. The van der Waals surface area contributed by atoms with E-state index in [4.69, 9.17) is 16.3 Å². The van der Waals surface area contributed by atoms with Gasteiger partial charge in [0.05, 0.1) is 22.7 Å². The van der Waals surface area contributed by atoms with Crippen LogP contribution in [0, 0.1) is 0 Å². The Morgan fingerprint density at radius 3 is 2.62 bits per heavy atom. The molecule has 0 aliphatic carbocycles. The van der Waals surface area contributed by atoms with Gasteiger partial charge in [0.25, 0.3) is 0 Å². The number of anilines is 1. The van der Waals surface area contributed by atoms with E-state index in [1.54, 1.807) is 19.2 Å². The molecule has 0 saturated carbocycles. The number of ether oxygens (including phenoxy) is 1. The summed E-state index contributed by atoms with van der Waals surface area (Å²) in [5, 5.41) is 5.46. The van der Waals surface area contributed by atoms with E-state index >= 15 is 0 Å². The molecule has 0 atom stereocenters. The van der Waals surface area contributed by atoms with Crippen LogP contribution in [0.25, 0.3) is 0 Å². The maximum absolute atomic E-state index is 12.0. The van der Waals surface area contributed by atoms with E-state index in [1.165, 1.54) is 18.2 Å². The Hall–Kier alpha value is -2.25. The predicted molar refractivity (Wildman–Crippen MR) is 93.4 cm³/mol. The van der Waals surface area contributed by atoms with Crippen LogP contribution in [0.2, 0.25) is 5.02 Å². The highest BCUT2D eigenvalue weighted by Gasteiger charge is 2.12. The molecule has 0 aromatic heterocycles. The molecule has 0 radical (unpaired) electrons. The SMILES string of the molecule is COc1cccc(CNC(=O)Nc2cc(S(C)(=O)=O)ccc2Cl)c1. The Morgan fingerprint density at radius 1 is 1.21 bits per heavy atom. The number of hydrogen-bond donors (Lipinski definition) is 2. The number of carbonyl (C=O) groups is 1. The van der Waals surface area contributed by atoms with Crippen molar-refractivity contribution in [1.29, 1.82) is 0 Å². The van der Waals surface area contributed by atoms with E-state index in [0.29, 0.717) is 5.75 Å². The van der Waals surface area contributed by atoms with Crippen LogP contribution in [-0.2, 0) is 16.4 Å². The number of hydrogen-bond acceptors (Lipinski definition) is 4. The zero-order valence-corrected chi connectivity index (χ0v) is 14.7. The summed E-state index contributed by atoms with van der Waals surface area (Å²) in [5.74, 6) is 0.693. The van der Waals surface area contributed by atoms with Gasteiger partial charge in [0.1, 0.15) is 5.75 Å². The average Bonchev–Trinajstić information content (AvgIpc) is 2.54. The van der Waals surface area contributed by atoms with Crippen molar-refractivity contribution in [3.05, 3.63) is 53.1 Å². The minimum atomic E-state index is -3.39. The lowest BCUT2D eigenvalue weighted by Crippen LogP contribution is -2.28. The summed E-state index contributed by atoms with van der Waals surface area (Å²) in [6.45, 7) is 0.284. The van der Waals surface area contributed by atoms with Crippen molar-refractivity contribution in [2.45, 2.75) is 11.4 Å². The Morgan fingerprint density at radius 2 is 1.96 bits per heavy atom. The van der Waals surface area contributed by atoms with Crippen LogP contribution in [0.1, 0.15) is 5.56 Å².